The summed E-state index contributed by atoms with van der Waals surface area (Å²) in [6.07, 6.45) is 4.28. The molecule has 6 heteroatoms. The number of nitrogens with one attached hydrogen (secondary N) is 3. The lowest BCUT2D eigenvalue weighted by Crippen LogP contribution is -2.51. The number of amides is 3. The van der Waals surface area contributed by atoms with Gasteiger partial charge >= 0.3 is 6.03 Å². The van der Waals surface area contributed by atoms with Gasteiger partial charge in [-0.1, -0.05) is 12.1 Å². The van der Waals surface area contributed by atoms with E-state index in [1.54, 1.807) is 0 Å². The standard InChI is InChI=1S/C19H24N4O2/c1-11(24)22-19(25)21-8-12-6-15-14-4-3-5-16-18(14)13(9-20-16)7-17(15)23(2)10-12/h3-5,9,12,15,17,20H,6-8,10H2,1-2H3,(H2,21,22,24,25)/t12-,15?,17+/m0/s1. The lowest BCUT2D eigenvalue weighted by Gasteiger charge is -2.45. The van der Waals surface area contributed by atoms with E-state index in [1.165, 1.54) is 29.0 Å². The number of hydrogen-bond donors (Lipinski definition) is 3. The van der Waals surface area contributed by atoms with E-state index in [9.17, 15) is 9.59 Å². The van der Waals surface area contributed by atoms with Gasteiger partial charge in [0.1, 0.15) is 0 Å². The van der Waals surface area contributed by atoms with Crippen molar-refractivity contribution in [2.24, 2.45) is 5.92 Å². The Kier molecular flexibility index (Phi) is 4.00. The van der Waals surface area contributed by atoms with Crippen molar-refractivity contribution < 1.29 is 9.59 Å². The molecular weight excluding hydrogens is 316 g/mol. The van der Waals surface area contributed by atoms with Gasteiger partial charge in [-0.05, 0) is 43.0 Å². The number of hydrogen-bond acceptors (Lipinski definition) is 3. The Morgan fingerprint density at radius 3 is 3.00 bits per heavy atom. The van der Waals surface area contributed by atoms with Crippen LogP contribution in [0.25, 0.3) is 10.9 Å². The van der Waals surface area contributed by atoms with Crippen LogP contribution in [0.5, 0.6) is 0 Å². The molecule has 0 spiro atoms. The fraction of sp³-hybridized carbons (Fsp3) is 0.474. The quantitative estimate of drug-likeness (QED) is 0.782. The summed E-state index contributed by atoms with van der Waals surface area (Å²) in [5.74, 6) is 0.519. The number of carbonyl (C=O) groups is 2. The van der Waals surface area contributed by atoms with E-state index in [0.29, 0.717) is 24.4 Å². The molecule has 1 unspecified atom stereocenters. The van der Waals surface area contributed by atoms with Gasteiger partial charge in [-0.3, -0.25) is 10.1 Å². The zero-order valence-corrected chi connectivity index (χ0v) is 14.6. The maximum absolute atomic E-state index is 11.7. The van der Waals surface area contributed by atoms with Crippen LogP contribution in [-0.4, -0.2) is 48.0 Å². The molecule has 1 saturated heterocycles. The number of piperidine rings is 1. The van der Waals surface area contributed by atoms with Gasteiger partial charge in [0.15, 0.2) is 0 Å². The second kappa shape index (κ2) is 6.19. The Balaban J connectivity index is 1.53. The van der Waals surface area contributed by atoms with Crippen molar-refractivity contribution in [1.29, 1.82) is 0 Å². The fourth-order valence-corrected chi connectivity index (χ4v) is 4.64. The van der Waals surface area contributed by atoms with E-state index < -0.39 is 6.03 Å². The number of rotatable bonds is 2. The van der Waals surface area contributed by atoms with Crippen molar-refractivity contribution in [3.8, 4) is 0 Å². The molecule has 0 radical (unpaired) electrons. The molecule has 25 heavy (non-hydrogen) atoms. The van der Waals surface area contributed by atoms with Crippen molar-refractivity contribution in [3.05, 3.63) is 35.5 Å². The second-order valence-corrected chi connectivity index (χ2v) is 7.39. The van der Waals surface area contributed by atoms with E-state index in [2.05, 4.69) is 52.0 Å². The average molecular weight is 340 g/mol. The molecular formula is C19H24N4O2. The molecule has 1 aliphatic heterocycles. The molecule has 2 aliphatic rings. The number of benzene rings is 1. The van der Waals surface area contributed by atoms with Crippen molar-refractivity contribution in [3.63, 3.8) is 0 Å². The number of carbonyl (C=O) groups excluding carboxylic acids is 2. The lowest BCUT2D eigenvalue weighted by molar-refractivity contribution is -0.117. The highest BCUT2D eigenvalue weighted by atomic mass is 16.2. The number of likely N-dealkylation sites (N-methyl/N-ethyl adjacent to an activating group) is 1. The number of imide groups is 1. The van der Waals surface area contributed by atoms with Crippen LogP contribution in [0.2, 0.25) is 0 Å². The van der Waals surface area contributed by atoms with Gasteiger partial charge in [0.05, 0.1) is 0 Å². The highest BCUT2D eigenvalue weighted by Gasteiger charge is 2.39. The first-order valence-corrected chi connectivity index (χ1v) is 8.87. The highest BCUT2D eigenvalue weighted by molar-refractivity contribution is 5.93. The lowest BCUT2D eigenvalue weighted by atomic mass is 9.72. The Labute approximate surface area is 147 Å². The number of urea groups is 1. The van der Waals surface area contributed by atoms with Crippen LogP contribution in [0, 0.1) is 5.92 Å². The number of aromatic nitrogens is 1. The topological polar surface area (TPSA) is 77.2 Å². The molecule has 3 atom stereocenters. The molecule has 2 heterocycles. The molecule has 1 aliphatic carbocycles. The Bertz CT molecular complexity index is 828. The van der Waals surface area contributed by atoms with Crippen molar-refractivity contribution in [2.45, 2.75) is 31.7 Å². The molecule has 6 nitrogen and oxygen atoms in total. The fourth-order valence-electron chi connectivity index (χ4n) is 4.64. The van der Waals surface area contributed by atoms with E-state index in [1.807, 2.05) is 0 Å². The van der Waals surface area contributed by atoms with Gasteiger partial charge in [-0.2, -0.15) is 0 Å². The third-order valence-corrected chi connectivity index (χ3v) is 5.65. The SMILES string of the molecule is CC(=O)NC(=O)NC[C@@H]1CC2c3cccc4[nH]cc(c34)C[C@H]2N(C)C1. The maximum Gasteiger partial charge on any atom is 0.321 e. The van der Waals surface area contributed by atoms with Gasteiger partial charge in [-0.25, -0.2) is 4.79 Å². The van der Waals surface area contributed by atoms with Gasteiger partial charge in [-0.15, -0.1) is 0 Å². The molecule has 1 aromatic heterocycles. The molecule has 0 saturated carbocycles. The minimum atomic E-state index is -0.407. The van der Waals surface area contributed by atoms with E-state index in [4.69, 9.17) is 0 Å². The average Bonchev–Trinajstić information content (AvgIpc) is 2.98. The molecule has 0 bridgehead atoms. The summed E-state index contributed by atoms with van der Waals surface area (Å²) in [6, 6.07) is 6.62. The zero-order valence-electron chi connectivity index (χ0n) is 14.6. The molecule has 3 amide bonds. The third kappa shape index (κ3) is 2.91. The molecule has 132 valence electrons. The van der Waals surface area contributed by atoms with Gasteiger partial charge < -0.3 is 15.2 Å². The zero-order chi connectivity index (χ0) is 17.6. The van der Waals surface area contributed by atoms with Gasteiger partial charge in [0.25, 0.3) is 0 Å². The first-order valence-electron chi connectivity index (χ1n) is 8.87. The number of aromatic amines is 1. The largest absolute Gasteiger partial charge is 0.361 e. The number of nitrogens with zero attached hydrogens (tertiary/aromatic N) is 1. The monoisotopic (exact) mass is 340 g/mol. The molecule has 1 fully saturated rings. The molecule has 4 rings (SSSR count). The van der Waals surface area contributed by atoms with Crippen LogP contribution in [0.4, 0.5) is 4.79 Å². The molecule has 1 aromatic carbocycles. The molecule has 2 aromatic rings. The number of H-pyrrole nitrogens is 1. The van der Waals surface area contributed by atoms with Gasteiger partial charge in [0, 0.05) is 49.1 Å². The first kappa shape index (κ1) is 16.1. The van der Waals surface area contributed by atoms with Gasteiger partial charge in [0.2, 0.25) is 5.91 Å². The summed E-state index contributed by atoms with van der Waals surface area (Å²) in [4.78, 5) is 28.5. The summed E-state index contributed by atoms with van der Waals surface area (Å²) in [5, 5.41) is 6.49. The first-order chi connectivity index (χ1) is 12.0. The third-order valence-electron chi connectivity index (χ3n) is 5.65. The summed E-state index contributed by atoms with van der Waals surface area (Å²) >= 11 is 0. The Morgan fingerprint density at radius 2 is 2.20 bits per heavy atom. The maximum atomic E-state index is 11.7. The van der Waals surface area contributed by atoms with Crippen LogP contribution >= 0.6 is 0 Å². The van der Waals surface area contributed by atoms with Crippen molar-refractivity contribution in [1.82, 2.24) is 20.5 Å². The summed E-state index contributed by atoms with van der Waals surface area (Å²) in [5.41, 5.74) is 4.06. The summed E-state index contributed by atoms with van der Waals surface area (Å²) < 4.78 is 0. The summed E-state index contributed by atoms with van der Waals surface area (Å²) in [6.45, 7) is 2.88. The second-order valence-electron chi connectivity index (χ2n) is 7.39. The minimum Gasteiger partial charge on any atom is -0.361 e. The van der Waals surface area contributed by atoms with E-state index in [0.717, 1.165) is 19.4 Å². The Hall–Kier alpha value is -2.34. The minimum absolute atomic E-state index is 0.336. The number of fused-ring (bicyclic) bond motifs is 2. The van der Waals surface area contributed by atoms with Crippen LogP contribution < -0.4 is 10.6 Å². The highest BCUT2D eigenvalue weighted by Crippen LogP contribution is 2.44. The molecule has 3 N–H and O–H groups in total. The number of likely N-dealkylation sites (tertiary alicyclic amines) is 1. The summed E-state index contributed by atoms with van der Waals surface area (Å²) in [7, 11) is 2.18. The van der Waals surface area contributed by atoms with Crippen molar-refractivity contribution in [2.75, 3.05) is 20.1 Å². The van der Waals surface area contributed by atoms with Crippen LogP contribution in [-0.2, 0) is 11.2 Å². The van der Waals surface area contributed by atoms with Crippen LogP contribution in [0.15, 0.2) is 24.4 Å². The van der Waals surface area contributed by atoms with E-state index in [-0.39, 0.29) is 5.91 Å². The van der Waals surface area contributed by atoms with E-state index >= 15 is 0 Å². The Morgan fingerprint density at radius 1 is 1.36 bits per heavy atom. The van der Waals surface area contributed by atoms with Crippen LogP contribution in [0.1, 0.15) is 30.4 Å². The van der Waals surface area contributed by atoms with Crippen LogP contribution in [0.3, 0.4) is 0 Å². The smallest absolute Gasteiger partial charge is 0.321 e. The predicted molar refractivity (Wildman–Crippen MR) is 96.5 cm³/mol. The predicted octanol–water partition coefficient (Wildman–Crippen LogP) is 1.97. The van der Waals surface area contributed by atoms with Crippen molar-refractivity contribution >= 4 is 22.8 Å². The normalized spacial score (nSPS) is 25.4.